The van der Waals surface area contributed by atoms with E-state index in [9.17, 15) is 19.2 Å². The Morgan fingerprint density at radius 3 is 2.10 bits per heavy atom. The van der Waals surface area contributed by atoms with Crippen LogP contribution in [0.2, 0.25) is 0 Å². The van der Waals surface area contributed by atoms with Crippen molar-refractivity contribution in [1.29, 1.82) is 0 Å². The molecule has 0 aromatic heterocycles. The van der Waals surface area contributed by atoms with E-state index < -0.39 is 35.7 Å². The summed E-state index contributed by atoms with van der Waals surface area (Å²) in [6.45, 7) is 3.28. The van der Waals surface area contributed by atoms with Crippen molar-refractivity contribution in [3.8, 4) is 0 Å². The fraction of sp³-hybridized carbons (Fsp3) is 0.500. The van der Waals surface area contributed by atoms with Crippen molar-refractivity contribution in [1.82, 2.24) is 0 Å². The number of hydrogen-bond donors (Lipinski definition) is 1. The average Bonchev–Trinajstić information content (AvgIpc) is 2.38. The molecule has 0 fully saturated rings. The van der Waals surface area contributed by atoms with Crippen LogP contribution >= 0.6 is 12.9 Å². The molecular formula is C12H16O8S. The van der Waals surface area contributed by atoms with Crippen LogP contribution in [-0.2, 0) is 37.6 Å². The van der Waals surface area contributed by atoms with Crippen LogP contribution in [-0.4, -0.2) is 36.6 Å². The zero-order valence-electron chi connectivity index (χ0n) is 11.8. The van der Waals surface area contributed by atoms with Gasteiger partial charge in [-0.2, -0.15) is 0 Å². The minimum Gasteiger partial charge on any atom is -0.462 e. The van der Waals surface area contributed by atoms with Crippen LogP contribution in [0, 0.1) is 0 Å². The van der Waals surface area contributed by atoms with E-state index in [1.54, 1.807) is 0 Å². The summed E-state index contributed by atoms with van der Waals surface area (Å²) < 4.78 is 18.4. The second-order valence-corrected chi connectivity index (χ2v) is 3.99. The maximum atomic E-state index is 11.3. The zero-order chi connectivity index (χ0) is 16.4. The molecule has 0 saturated carbocycles. The van der Waals surface area contributed by atoms with Crippen LogP contribution in [0.3, 0.4) is 0 Å². The first-order valence-corrected chi connectivity index (χ1v) is 6.17. The fourth-order valence-electron chi connectivity index (χ4n) is 1.20. The quantitative estimate of drug-likeness (QED) is 0.183. The van der Waals surface area contributed by atoms with Crippen molar-refractivity contribution < 1.29 is 37.6 Å². The van der Waals surface area contributed by atoms with E-state index in [-0.39, 0.29) is 13.0 Å². The van der Waals surface area contributed by atoms with Crippen molar-refractivity contribution in [2.24, 2.45) is 0 Å². The third-order valence-electron chi connectivity index (χ3n) is 1.91. The van der Waals surface area contributed by atoms with Crippen LogP contribution in [0.25, 0.3) is 0 Å². The Morgan fingerprint density at radius 2 is 1.67 bits per heavy atom. The van der Waals surface area contributed by atoms with Gasteiger partial charge in [0.05, 0.1) is 0 Å². The average molecular weight is 320 g/mol. The summed E-state index contributed by atoms with van der Waals surface area (Å²) in [4.78, 5) is 43.9. The lowest BCUT2D eigenvalue weighted by Crippen LogP contribution is -2.23. The highest BCUT2D eigenvalue weighted by Gasteiger charge is 2.18. The Labute approximate surface area is 127 Å². The smallest absolute Gasteiger partial charge is 0.385 e. The number of carbonyl (C=O) groups is 4. The number of hydrogen-bond acceptors (Lipinski definition) is 9. The van der Waals surface area contributed by atoms with Crippen molar-refractivity contribution >= 4 is 36.8 Å². The molecule has 118 valence electrons. The lowest BCUT2D eigenvalue weighted by molar-refractivity contribution is -0.156. The van der Waals surface area contributed by atoms with Crippen molar-refractivity contribution in [2.75, 3.05) is 6.61 Å². The monoisotopic (exact) mass is 320 g/mol. The molecule has 0 saturated heterocycles. The predicted molar refractivity (Wildman–Crippen MR) is 71.7 cm³/mol. The first kappa shape index (κ1) is 19.0. The molecule has 0 aromatic carbocycles. The van der Waals surface area contributed by atoms with E-state index in [0.29, 0.717) is 0 Å². The van der Waals surface area contributed by atoms with Gasteiger partial charge in [-0.15, -0.1) is 0 Å². The minimum absolute atomic E-state index is 0.0294. The van der Waals surface area contributed by atoms with Crippen molar-refractivity contribution in [3.63, 3.8) is 0 Å². The summed E-state index contributed by atoms with van der Waals surface area (Å²) in [6.07, 6.45) is 0.319. The molecule has 1 unspecified atom stereocenters. The lowest BCUT2D eigenvalue weighted by atomic mass is 10.2. The molecule has 8 nitrogen and oxygen atoms in total. The Morgan fingerprint density at radius 1 is 1.05 bits per heavy atom. The van der Waals surface area contributed by atoms with Gasteiger partial charge in [-0.3, -0.25) is 14.4 Å². The highest BCUT2D eigenvalue weighted by Crippen LogP contribution is 2.09. The maximum absolute atomic E-state index is 11.3. The third kappa shape index (κ3) is 9.50. The van der Waals surface area contributed by atoms with E-state index in [2.05, 4.69) is 21.8 Å². The van der Waals surface area contributed by atoms with Crippen molar-refractivity contribution in [2.45, 2.75) is 33.3 Å². The van der Waals surface area contributed by atoms with Crippen LogP contribution < -0.4 is 0 Å². The first-order chi connectivity index (χ1) is 9.76. The van der Waals surface area contributed by atoms with E-state index >= 15 is 0 Å². The van der Waals surface area contributed by atoms with Crippen LogP contribution in [0.5, 0.6) is 0 Å². The molecule has 1 atom stereocenters. The molecule has 0 bridgehead atoms. The summed E-state index contributed by atoms with van der Waals surface area (Å²) in [6, 6.07) is 0. The highest BCUT2D eigenvalue weighted by atomic mass is 32.1. The Balaban J connectivity index is 4.86. The van der Waals surface area contributed by atoms with Gasteiger partial charge >= 0.3 is 23.9 Å². The van der Waals surface area contributed by atoms with Gasteiger partial charge in [0.25, 0.3) is 0 Å². The van der Waals surface area contributed by atoms with E-state index in [1.165, 1.54) is 19.9 Å². The number of rotatable bonds is 7. The van der Waals surface area contributed by atoms with Crippen LogP contribution in [0.4, 0.5) is 0 Å². The molecule has 0 heterocycles. The van der Waals surface area contributed by atoms with Gasteiger partial charge in [-0.25, -0.2) is 4.79 Å². The number of carbonyl (C=O) groups excluding carboxylic acids is 4. The Bertz CT molecular complexity index is 443. The third-order valence-corrected chi connectivity index (χ3v) is 2.07. The topological polar surface area (TPSA) is 105 Å². The maximum Gasteiger partial charge on any atom is 0.385 e. The summed E-state index contributed by atoms with van der Waals surface area (Å²) in [7, 11) is 0. The highest BCUT2D eigenvalue weighted by molar-refractivity contribution is 7.75. The van der Waals surface area contributed by atoms with Gasteiger partial charge in [-0.1, -0.05) is 0 Å². The largest absolute Gasteiger partial charge is 0.462 e. The van der Waals surface area contributed by atoms with E-state index in [1.807, 2.05) is 0 Å². The molecule has 0 amide bonds. The predicted octanol–water partition coefficient (Wildman–Crippen LogP) is 0.706. The second-order valence-electron chi connectivity index (χ2n) is 3.81. The van der Waals surface area contributed by atoms with E-state index in [4.69, 9.17) is 9.47 Å². The molecule has 0 aliphatic heterocycles. The van der Waals surface area contributed by atoms with Gasteiger partial charge in [0.2, 0.25) is 5.76 Å². The summed E-state index contributed by atoms with van der Waals surface area (Å²) in [5, 5.41) is 0. The van der Waals surface area contributed by atoms with Gasteiger partial charge < -0.3 is 18.4 Å². The van der Waals surface area contributed by atoms with Gasteiger partial charge in [0.1, 0.15) is 12.7 Å². The summed E-state index contributed by atoms with van der Waals surface area (Å²) in [5.41, 5.74) is 0. The van der Waals surface area contributed by atoms with Crippen molar-refractivity contribution in [3.05, 3.63) is 11.8 Å². The molecule has 0 aliphatic carbocycles. The van der Waals surface area contributed by atoms with Crippen LogP contribution in [0.15, 0.2) is 11.8 Å². The summed E-state index contributed by atoms with van der Waals surface area (Å²) in [5.74, 6) is -3.26. The molecule has 0 rings (SSSR count). The van der Waals surface area contributed by atoms with Gasteiger partial charge in [0, 0.05) is 40.1 Å². The normalized spacial score (nSPS) is 12.1. The minimum atomic E-state index is -0.984. The Hall–Kier alpha value is -2.03. The van der Waals surface area contributed by atoms with Crippen LogP contribution in [0.1, 0.15) is 27.2 Å². The first-order valence-electron chi connectivity index (χ1n) is 5.81. The molecule has 0 spiro atoms. The molecular weight excluding hydrogens is 304 g/mol. The Kier molecular flexibility index (Phi) is 8.86. The molecule has 0 radical (unpaired) electrons. The number of esters is 3. The standard InChI is InChI=1S/C12H16O8S/c1-7(13)17-6-10(18-8(2)14)4-5-11(12(16)20-21)19-9(3)15/h5,10,21H,4,6H2,1-3H3. The zero-order valence-corrected chi connectivity index (χ0v) is 12.7. The fourth-order valence-corrected chi connectivity index (χ4v) is 1.29. The second kappa shape index (κ2) is 9.81. The number of ether oxygens (including phenoxy) is 3. The molecule has 0 aromatic rings. The van der Waals surface area contributed by atoms with E-state index in [0.717, 1.165) is 6.92 Å². The number of thiol groups is 1. The van der Waals surface area contributed by atoms with Gasteiger partial charge in [-0.05, 0) is 6.08 Å². The molecule has 9 heteroatoms. The SMILES string of the molecule is CC(=O)OCC(CC=C(OC(C)=O)C(=O)OS)OC(C)=O. The molecule has 0 N–H and O–H groups in total. The lowest BCUT2D eigenvalue weighted by Gasteiger charge is -2.15. The molecule has 0 aliphatic rings. The van der Waals surface area contributed by atoms with Gasteiger partial charge in [0.15, 0.2) is 0 Å². The summed E-state index contributed by atoms with van der Waals surface area (Å²) >= 11 is 3.31. The molecule has 21 heavy (non-hydrogen) atoms.